The van der Waals surface area contributed by atoms with E-state index in [9.17, 15) is 22.8 Å². The lowest BCUT2D eigenvalue weighted by Gasteiger charge is -2.13. The molecule has 0 aliphatic rings. The number of aliphatic carboxylic acids is 1. The van der Waals surface area contributed by atoms with Crippen LogP contribution in [0.25, 0.3) is 0 Å². The Morgan fingerprint density at radius 1 is 1.50 bits per heavy atom. The maximum Gasteiger partial charge on any atom is 0.441 e. The van der Waals surface area contributed by atoms with Crippen LogP contribution in [0.5, 0.6) is 0 Å². The fraction of sp³-hybridized carbons (Fsp3) is 0.667. The largest absolute Gasteiger partial charge is 0.480 e. The van der Waals surface area contributed by atoms with Crippen LogP contribution in [0.1, 0.15) is 6.92 Å². The van der Waals surface area contributed by atoms with Crippen molar-refractivity contribution in [1.82, 2.24) is 5.32 Å². The topological polar surface area (TPSA) is 66.4 Å². The normalized spacial score (nSPS) is 13.4. The van der Waals surface area contributed by atoms with Gasteiger partial charge in [0.15, 0.2) is 0 Å². The van der Waals surface area contributed by atoms with E-state index < -0.39 is 40.9 Å². The third-order valence-electron chi connectivity index (χ3n) is 1.09. The zero-order valence-corrected chi connectivity index (χ0v) is 7.91. The molecule has 0 aliphatic carbocycles. The van der Waals surface area contributed by atoms with E-state index in [0.717, 1.165) is 6.92 Å². The second-order valence-corrected chi connectivity index (χ2v) is 3.43. The number of rotatable bonds is 4. The van der Waals surface area contributed by atoms with E-state index in [4.69, 9.17) is 5.11 Å². The van der Waals surface area contributed by atoms with Crippen LogP contribution in [0.2, 0.25) is 0 Å². The van der Waals surface area contributed by atoms with Crippen molar-refractivity contribution < 1.29 is 27.9 Å². The highest BCUT2D eigenvalue weighted by atomic mass is 32.2. The Morgan fingerprint density at radius 3 is 2.29 bits per heavy atom. The molecule has 2 N–H and O–H groups in total. The van der Waals surface area contributed by atoms with E-state index in [1.54, 1.807) is 0 Å². The molecule has 1 amide bonds. The number of carboxylic acid groups (broad SMARTS) is 1. The van der Waals surface area contributed by atoms with Gasteiger partial charge in [-0.1, -0.05) is 0 Å². The van der Waals surface area contributed by atoms with Gasteiger partial charge in [-0.05, 0) is 11.8 Å². The fourth-order valence-electron chi connectivity index (χ4n) is 0.598. The quantitative estimate of drug-likeness (QED) is 0.752. The van der Waals surface area contributed by atoms with Crippen LogP contribution in [0.4, 0.5) is 13.2 Å². The van der Waals surface area contributed by atoms with E-state index in [0.29, 0.717) is 0 Å². The molecule has 4 nitrogen and oxygen atoms in total. The summed E-state index contributed by atoms with van der Waals surface area (Å²) in [6.07, 6.45) is 0. The molecule has 0 aliphatic heterocycles. The van der Waals surface area contributed by atoms with Gasteiger partial charge in [-0.25, -0.2) is 4.79 Å². The Bertz CT molecular complexity index is 231. The van der Waals surface area contributed by atoms with Gasteiger partial charge >= 0.3 is 11.5 Å². The zero-order chi connectivity index (χ0) is 11.4. The van der Waals surface area contributed by atoms with Gasteiger partial charge in [0.2, 0.25) is 5.91 Å². The molecule has 0 aromatic heterocycles. The second-order valence-electron chi connectivity index (χ2n) is 2.35. The summed E-state index contributed by atoms with van der Waals surface area (Å²) in [5, 5.41) is 10.3. The first-order valence-corrected chi connectivity index (χ1v) is 4.41. The average molecular weight is 231 g/mol. The summed E-state index contributed by atoms with van der Waals surface area (Å²) in [6.45, 7) is 1.04. The molecule has 0 aromatic carbocycles. The van der Waals surface area contributed by atoms with Crippen LogP contribution < -0.4 is 5.32 Å². The maximum atomic E-state index is 11.7. The van der Waals surface area contributed by atoms with Crippen LogP contribution in [-0.2, 0) is 9.59 Å². The molecule has 0 rings (SSSR count). The van der Waals surface area contributed by atoms with Gasteiger partial charge in [-0.2, -0.15) is 13.2 Å². The van der Waals surface area contributed by atoms with Crippen LogP contribution in [0, 0.1) is 0 Å². The number of carbonyl (C=O) groups is 2. The predicted molar refractivity (Wildman–Crippen MR) is 43.8 cm³/mol. The monoisotopic (exact) mass is 231 g/mol. The van der Waals surface area contributed by atoms with Crippen molar-refractivity contribution in [1.29, 1.82) is 0 Å². The molecule has 0 radical (unpaired) electrons. The number of hydrogen-bond donors (Lipinski definition) is 2. The molecule has 8 heteroatoms. The molecule has 1 atom stereocenters. The van der Waals surface area contributed by atoms with Crippen LogP contribution >= 0.6 is 11.8 Å². The number of carboxylic acids is 1. The van der Waals surface area contributed by atoms with E-state index in [-0.39, 0.29) is 0 Å². The number of nitrogens with one attached hydrogen (secondary N) is 1. The van der Waals surface area contributed by atoms with Gasteiger partial charge < -0.3 is 10.4 Å². The van der Waals surface area contributed by atoms with Crippen molar-refractivity contribution >= 4 is 23.6 Å². The smallest absolute Gasteiger partial charge is 0.441 e. The molecule has 1 unspecified atom stereocenters. The zero-order valence-electron chi connectivity index (χ0n) is 7.09. The second kappa shape index (κ2) is 5.08. The van der Waals surface area contributed by atoms with E-state index >= 15 is 0 Å². The lowest BCUT2D eigenvalue weighted by Crippen LogP contribution is -2.42. The van der Waals surface area contributed by atoms with Crippen molar-refractivity contribution in [3.05, 3.63) is 0 Å². The molecule has 0 saturated heterocycles. The van der Waals surface area contributed by atoms with Crippen molar-refractivity contribution in [2.24, 2.45) is 0 Å². The van der Waals surface area contributed by atoms with Crippen molar-refractivity contribution in [3.63, 3.8) is 0 Å². The molecule has 14 heavy (non-hydrogen) atoms. The minimum Gasteiger partial charge on any atom is -0.480 e. The molecular formula is C6H8F3NO3S. The lowest BCUT2D eigenvalue weighted by molar-refractivity contribution is -0.140. The minimum atomic E-state index is -4.49. The molecule has 0 bridgehead atoms. The molecule has 0 spiro atoms. The molecular weight excluding hydrogens is 223 g/mol. The fourth-order valence-corrected chi connectivity index (χ4v) is 1.18. The first-order chi connectivity index (χ1) is 6.22. The standard InChI is InChI=1S/C6H8F3NO3S/c1-3(11)10-4(5(12)13)2-14-6(7,8)9/h4H,2H2,1H3,(H,10,11)(H,12,13). The van der Waals surface area contributed by atoms with Gasteiger partial charge in [0.25, 0.3) is 0 Å². The first-order valence-electron chi connectivity index (χ1n) is 3.43. The van der Waals surface area contributed by atoms with Crippen molar-refractivity contribution in [3.8, 4) is 0 Å². The molecule has 0 fully saturated rings. The van der Waals surface area contributed by atoms with Crippen molar-refractivity contribution in [2.75, 3.05) is 5.75 Å². The number of hydrogen-bond acceptors (Lipinski definition) is 3. The maximum absolute atomic E-state index is 11.7. The summed E-state index contributed by atoms with van der Waals surface area (Å²) in [5.41, 5.74) is -4.49. The SMILES string of the molecule is CC(=O)NC(CSC(F)(F)F)C(=O)O. The summed E-state index contributed by atoms with van der Waals surface area (Å²) in [4.78, 5) is 20.8. The number of carbonyl (C=O) groups excluding carboxylic acids is 1. The van der Waals surface area contributed by atoms with Gasteiger partial charge in [0.05, 0.1) is 0 Å². The predicted octanol–water partition coefficient (Wildman–Crippen LogP) is 0.829. The highest BCUT2D eigenvalue weighted by Gasteiger charge is 2.31. The van der Waals surface area contributed by atoms with E-state index in [1.807, 2.05) is 5.32 Å². The Hall–Kier alpha value is -0.920. The summed E-state index contributed by atoms with van der Waals surface area (Å²) in [6, 6.07) is -1.51. The minimum absolute atomic E-state index is 0.484. The molecule has 0 heterocycles. The Labute approximate surface area is 81.9 Å². The average Bonchev–Trinajstić information content (AvgIpc) is 1.94. The summed E-state index contributed by atoms with van der Waals surface area (Å²) in [7, 11) is 0. The van der Waals surface area contributed by atoms with Gasteiger partial charge in [0.1, 0.15) is 6.04 Å². The highest BCUT2D eigenvalue weighted by Crippen LogP contribution is 2.30. The summed E-state index contributed by atoms with van der Waals surface area (Å²) >= 11 is -0.484. The molecule has 0 saturated carbocycles. The van der Waals surface area contributed by atoms with Gasteiger partial charge in [-0.15, -0.1) is 0 Å². The van der Waals surface area contributed by atoms with E-state index in [2.05, 4.69) is 0 Å². The number of halogens is 3. The van der Waals surface area contributed by atoms with Crippen molar-refractivity contribution in [2.45, 2.75) is 18.5 Å². The van der Waals surface area contributed by atoms with Gasteiger partial charge in [-0.3, -0.25) is 4.79 Å². The Morgan fingerprint density at radius 2 is 2.00 bits per heavy atom. The number of alkyl halides is 3. The van der Waals surface area contributed by atoms with Crippen LogP contribution in [0.15, 0.2) is 0 Å². The first kappa shape index (κ1) is 13.1. The van der Waals surface area contributed by atoms with E-state index in [1.165, 1.54) is 0 Å². The third-order valence-corrected chi connectivity index (χ3v) is 1.92. The molecule has 82 valence electrons. The Balaban J connectivity index is 4.11. The summed E-state index contributed by atoms with van der Waals surface area (Å²) in [5.74, 6) is -2.91. The number of thioether (sulfide) groups is 1. The van der Waals surface area contributed by atoms with Crippen LogP contribution in [0.3, 0.4) is 0 Å². The van der Waals surface area contributed by atoms with Gasteiger partial charge in [0, 0.05) is 12.7 Å². The lowest BCUT2D eigenvalue weighted by atomic mass is 10.3. The summed E-state index contributed by atoms with van der Waals surface area (Å²) < 4.78 is 35.0. The number of amides is 1. The highest BCUT2D eigenvalue weighted by molar-refractivity contribution is 8.00. The molecule has 0 aromatic rings. The van der Waals surface area contributed by atoms with Crippen LogP contribution in [-0.4, -0.2) is 34.3 Å². The third kappa shape index (κ3) is 6.58. The Kier molecular flexibility index (Phi) is 4.75.